The lowest BCUT2D eigenvalue weighted by Gasteiger charge is -2.09. The Morgan fingerprint density at radius 1 is 1.12 bits per heavy atom. The van der Waals surface area contributed by atoms with E-state index in [2.05, 4.69) is 20.8 Å². The predicted molar refractivity (Wildman–Crippen MR) is 120 cm³/mol. The van der Waals surface area contributed by atoms with Crippen LogP contribution in [0.4, 0.5) is 5.69 Å². The van der Waals surface area contributed by atoms with Crippen molar-refractivity contribution in [3.05, 3.63) is 83.3 Å². The number of hydrogen-bond acceptors (Lipinski definition) is 6. The van der Waals surface area contributed by atoms with Crippen molar-refractivity contribution in [2.75, 3.05) is 5.32 Å². The molecule has 2 amide bonds. The Kier molecular flexibility index (Phi) is 6.25. The monoisotopic (exact) mass is 448 g/mol. The minimum atomic E-state index is -0.464. The van der Waals surface area contributed by atoms with Crippen LogP contribution < -0.4 is 15.4 Å². The number of carbonyl (C=O) groups excluding carboxylic acids is 2. The largest absolute Gasteiger partial charge is 0.471 e. The number of hydrogen-bond donors (Lipinski definition) is 2. The molecule has 0 saturated carbocycles. The fourth-order valence-corrected chi connectivity index (χ4v) is 3.15. The molecule has 2 N–H and O–H groups in total. The lowest BCUT2D eigenvalue weighted by molar-refractivity contribution is 0.0943. The van der Waals surface area contributed by atoms with E-state index in [-0.39, 0.29) is 30.4 Å². The number of ether oxygens (including phenoxy) is 1. The summed E-state index contributed by atoms with van der Waals surface area (Å²) in [5.41, 5.74) is 2.66. The van der Waals surface area contributed by atoms with Gasteiger partial charge < -0.3 is 19.8 Å². The summed E-state index contributed by atoms with van der Waals surface area (Å²) in [7, 11) is 1.66. The second-order valence-corrected chi connectivity index (χ2v) is 7.56. The number of amides is 2. The summed E-state index contributed by atoms with van der Waals surface area (Å²) >= 11 is 0. The first-order valence-corrected chi connectivity index (χ1v) is 10.3. The van der Waals surface area contributed by atoms with Gasteiger partial charge in [-0.3, -0.25) is 14.3 Å². The second kappa shape index (κ2) is 9.43. The van der Waals surface area contributed by atoms with Crippen LogP contribution >= 0.6 is 0 Å². The van der Waals surface area contributed by atoms with E-state index in [0.29, 0.717) is 5.76 Å². The molecule has 0 fully saturated rings. The smallest absolute Gasteiger partial charge is 0.276 e. The maximum atomic E-state index is 12.7. The standard InChI is InChI=1S/C23H24N6O4/c1-15-6-7-16(2)20(11-15)33-14-29-9-8-18(26-29)22(30)25-19-13-28(3)27-21(19)23(31)24-12-17-5-4-10-32-17/h4-11,13H,12,14H2,1-3H3,(H,24,31)(H,25,30). The van der Waals surface area contributed by atoms with Crippen molar-refractivity contribution in [2.45, 2.75) is 27.1 Å². The molecule has 10 heteroatoms. The molecule has 3 heterocycles. The van der Waals surface area contributed by atoms with Gasteiger partial charge in [-0.25, -0.2) is 4.68 Å². The highest BCUT2D eigenvalue weighted by atomic mass is 16.5. The molecule has 10 nitrogen and oxygen atoms in total. The van der Waals surface area contributed by atoms with Gasteiger partial charge in [0.2, 0.25) is 0 Å². The average Bonchev–Trinajstić information content (AvgIpc) is 3.54. The fraction of sp³-hybridized carbons (Fsp3) is 0.217. The topological polar surface area (TPSA) is 116 Å². The molecule has 0 aliphatic heterocycles. The van der Waals surface area contributed by atoms with Gasteiger partial charge in [-0.2, -0.15) is 10.2 Å². The van der Waals surface area contributed by atoms with Crippen molar-refractivity contribution >= 4 is 17.5 Å². The Morgan fingerprint density at radius 3 is 2.76 bits per heavy atom. The highest BCUT2D eigenvalue weighted by Gasteiger charge is 2.20. The Hall–Kier alpha value is -4.34. The van der Waals surface area contributed by atoms with Gasteiger partial charge in [-0.15, -0.1) is 0 Å². The van der Waals surface area contributed by atoms with Gasteiger partial charge >= 0.3 is 0 Å². The van der Waals surface area contributed by atoms with Crippen molar-refractivity contribution in [2.24, 2.45) is 7.05 Å². The molecule has 4 aromatic rings. The normalized spacial score (nSPS) is 10.8. The van der Waals surface area contributed by atoms with Gasteiger partial charge in [0.15, 0.2) is 18.1 Å². The number of carbonyl (C=O) groups is 2. The first kappa shape index (κ1) is 21.9. The second-order valence-electron chi connectivity index (χ2n) is 7.56. The van der Waals surface area contributed by atoms with Gasteiger partial charge in [0.1, 0.15) is 11.5 Å². The Bertz CT molecular complexity index is 1270. The molecule has 0 aliphatic carbocycles. The van der Waals surface area contributed by atoms with Crippen LogP contribution in [0, 0.1) is 13.8 Å². The van der Waals surface area contributed by atoms with Crippen LogP contribution in [0.1, 0.15) is 37.9 Å². The first-order chi connectivity index (χ1) is 15.9. The molecular formula is C23H24N6O4. The van der Waals surface area contributed by atoms with Crippen molar-refractivity contribution in [1.29, 1.82) is 0 Å². The number of aryl methyl sites for hydroxylation is 3. The highest BCUT2D eigenvalue weighted by molar-refractivity contribution is 6.07. The van der Waals surface area contributed by atoms with Crippen LogP contribution in [0.25, 0.3) is 0 Å². The number of nitrogens with zero attached hydrogens (tertiary/aromatic N) is 4. The van der Waals surface area contributed by atoms with Crippen molar-refractivity contribution in [3.63, 3.8) is 0 Å². The van der Waals surface area contributed by atoms with E-state index in [1.54, 1.807) is 37.6 Å². The molecule has 0 bridgehead atoms. The maximum absolute atomic E-state index is 12.7. The van der Waals surface area contributed by atoms with E-state index >= 15 is 0 Å². The summed E-state index contributed by atoms with van der Waals surface area (Å²) in [4.78, 5) is 25.3. The maximum Gasteiger partial charge on any atom is 0.276 e. The summed E-state index contributed by atoms with van der Waals surface area (Å²) in [6, 6.07) is 11.0. The number of nitrogens with one attached hydrogen (secondary N) is 2. The van der Waals surface area contributed by atoms with Crippen molar-refractivity contribution in [3.8, 4) is 5.75 Å². The number of anilines is 1. The molecule has 0 atom stereocenters. The third-order valence-electron chi connectivity index (χ3n) is 4.86. The third-order valence-corrected chi connectivity index (χ3v) is 4.86. The lowest BCUT2D eigenvalue weighted by Crippen LogP contribution is -2.25. The quantitative estimate of drug-likeness (QED) is 0.428. The van der Waals surface area contributed by atoms with Crippen LogP contribution in [0.5, 0.6) is 5.75 Å². The molecule has 0 spiro atoms. The fourth-order valence-electron chi connectivity index (χ4n) is 3.15. The van der Waals surface area contributed by atoms with Crippen molar-refractivity contribution in [1.82, 2.24) is 24.9 Å². The molecule has 0 aliphatic rings. The van der Waals surface area contributed by atoms with Gasteiger partial charge in [-0.1, -0.05) is 12.1 Å². The summed E-state index contributed by atoms with van der Waals surface area (Å²) in [6.45, 7) is 4.32. The first-order valence-electron chi connectivity index (χ1n) is 10.3. The Labute approximate surface area is 190 Å². The number of furan rings is 1. The van der Waals surface area contributed by atoms with Gasteiger partial charge in [0.05, 0.1) is 18.5 Å². The predicted octanol–water partition coefficient (Wildman–Crippen LogP) is 3.05. The molecule has 33 heavy (non-hydrogen) atoms. The molecule has 3 aromatic heterocycles. The zero-order valence-electron chi connectivity index (χ0n) is 18.5. The number of rotatable bonds is 8. The molecule has 0 unspecified atom stereocenters. The zero-order valence-corrected chi connectivity index (χ0v) is 18.5. The van der Waals surface area contributed by atoms with E-state index in [4.69, 9.17) is 9.15 Å². The van der Waals surface area contributed by atoms with Crippen LogP contribution in [0.15, 0.2) is 59.5 Å². The minimum Gasteiger partial charge on any atom is -0.471 e. The minimum absolute atomic E-state index is 0.0927. The number of aromatic nitrogens is 4. The summed E-state index contributed by atoms with van der Waals surface area (Å²) < 4.78 is 14.0. The van der Waals surface area contributed by atoms with Crippen molar-refractivity contribution < 1.29 is 18.7 Å². The van der Waals surface area contributed by atoms with Gasteiger partial charge in [-0.05, 0) is 49.2 Å². The highest BCUT2D eigenvalue weighted by Crippen LogP contribution is 2.19. The van der Waals surface area contributed by atoms with Crippen LogP contribution in [0.3, 0.4) is 0 Å². The molecule has 1 aromatic carbocycles. The van der Waals surface area contributed by atoms with E-state index in [0.717, 1.165) is 16.9 Å². The van der Waals surface area contributed by atoms with Gasteiger partial charge in [0, 0.05) is 19.4 Å². The Morgan fingerprint density at radius 2 is 1.97 bits per heavy atom. The van der Waals surface area contributed by atoms with E-state index in [1.807, 2.05) is 32.0 Å². The van der Waals surface area contributed by atoms with E-state index in [1.165, 1.54) is 15.6 Å². The SMILES string of the molecule is Cc1ccc(C)c(OCn2ccc(C(=O)Nc3cn(C)nc3C(=O)NCc3ccco3)n2)c1. The lowest BCUT2D eigenvalue weighted by atomic mass is 10.1. The molecule has 4 rings (SSSR count). The molecule has 170 valence electrons. The van der Waals surface area contributed by atoms with E-state index in [9.17, 15) is 9.59 Å². The van der Waals surface area contributed by atoms with E-state index < -0.39 is 11.8 Å². The third kappa shape index (κ3) is 5.29. The number of benzene rings is 1. The summed E-state index contributed by atoms with van der Waals surface area (Å²) in [5.74, 6) is 0.471. The van der Waals surface area contributed by atoms with Gasteiger partial charge in [0.25, 0.3) is 11.8 Å². The molecule has 0 radical (unpaired) electrons. The average molecular weight is 448 g/mol. The summed E-state index contributed by atoms with van der Waals surface area (Å²) in [6.07, 6.45) is 4.74. The molecule has 0 saturated heterocycles. The van der Waals surface area contributed by atoms with Crippen LogP contribution in [-0.4, -0.2) is 31.4 Å². The molecular weight excluding hydrogens is 424 g/mol. The Balaban J connectivity index is 1.39. The summed E-state index contributed by atoms with van der Waals surface area (Å²) in [5, 5.41) is 13.8. The van der Waals surface area contributed by atoms with Crippen LogP contribution in [0.2, 0.25) is 0 Å². The van der Waals surface area contributed by atoms with Crippen LogP contribution in [-0.2, 0) is 20.3 Å². The zero-order chi connectivity index (χ0) is 23.4.